The number of fused-ring (bicyclic) bond motifs is 2. The van der Waals surface area contributed by atoms with Gasteiger partial charge in [0.05, 0.1) is 19.1 Å². The zero-order valence-electron chi connectivity index (χ0n) is 12.1. The van der Waals surface area contributed by atoms with Crippen molar-refractivity contribution in [2.75, 3.05) is 14.1 Å². The number of nitrogens with zero attached hydrogens (tertiary/aromatic N) is 1. The molecular weight excluding hydrogens is 334 g/mol. The molecule has 0 aliphatic carbocycles. The van der Waals surface area contributed by atoms with Gasteiger partial charge in [0.1, 0.15) is 13.1 Å². The minimum absolute atomic E-state index is 0. The molecule has 2 aromatic carbocycles. The molecule has 0 bridgehead atoms. The molecule has 1 aliphatic heterocycles. The molecule has 20 heavy (non-hydrogen) atoms. The van der Waals surface area contributed by atoms with Gasteiger partial charge in [-0.25, -0.2) is 0 Å². The van der Waals surface area contributed by atoms with Gasteiger partial charge in [-0.3, -0.25) is 0 Å². The van der Waals surface area contributed by atoms with Crippen LogP contribution in [0.1, 0.15) is 23.6 Å². The summed E-state index contributed by atoms with van der Waals surface area (Å²) in [5, 5.41) is 3.32. The Morgan fingerprint density at radius 2 is 1.65 bits per heavy atom. The van der Waals surface area contributed by atoms with Gasteiger partial charge in [0, 0.05) is 16.5 Å². The summed E-state index contributed by atoms with van der Waals surface area (Å²) in [6.07, 6.45) is 0. The topological polar surface area (TPSA) is 0 Å². The average Bonchev–Trinajstić information content (AvgIpc) is 2.65. The summed E-state index contributed by atoms with van der Waals surface area (Å²) in [5.41, 5.74) is 5.13. The van der Waals surface area contributed by atoms with E-state index in [-0.39, 0.29) is 17.0 Å². The molecule has 0 radical (unpaired) electrons. The Bertz CT molecular complexity index is 704. The summed E-state index contributed by atoms with van der Waals surface area (Å²) in [6.45, 7) is 8.30. The van der Waals surface area contributed by atoms with Crippen LogP contribution in [0.2, 0.25) is 5.02 Å². The second-order valence-corrected chi connectivity index (χ2v) is 6.60. The summed E-state index contributed by atoms with van der Waals surface area (Å²) < 4.78 is 0.964. The Balaban J connectivity index is 0.00000147. The molecule has 1 nitrogen and oxygen atoms in total. The predicted octanol–water partition coefficient (Wildman–Crippen LogP) is 1.62. The fourth-order valence-corrected chi connectivity index (χ4v) is 3.58. The quantitative estimate of drug-likeness (QED) is 0.684. The molecule has 106 valence electrons. The molecule has 0 N–H and O–H groups in total. The lowest BCUT2D eigenvalue weighted by atomic mass is 9.92. The standard InChI is InChI=1S/C17H19ClN.BrH/c1-11(2)16-12-7-5-6-8-13(12)17(18)15-10-19(3,4)9-14(15)16;/h5-8H,1,9-10H2,2-4H3;1H/q+1;/p-1. The van der Waals surface area contributed by atoms with Crippen molar-refractivity contribution in [3.8, 4) is 0 Å². The molecule has 2 aromatic rings. The molecule has 0 aromatic heterocycles. The number of rotatable bonds is 1. The lowest BCUT2D eigenvalue weighted by Gasteiger charge is -2.22. The van der Waals surface area contributed by atoms with E-state index in [1.54, 1.807) is 0 Å². The fraction of sp³-hybridized carbons (Fsp3) is 0.294. The smallest absolute Gasteiger partial charge is 0.106 e. The zero-order valence-corrected chi connectivity index (χ0v) is 14.5. The Hall–Kier alpha value is -0.830. The zero-order chi connectivity index (χ0) is 13.8. The van der Waals surface area contributed by atoms with Gasteiger partial charge in [-0.2, -0.15) is 0 Å². The number of allylic oxidation sites excluding steroid dienone is 1. The van der Waals surface area contributed by atoms with Crippen LogP contribution in [0.25, 0.3) is 16.3 Å². The second-order valence-electron chi connectivity index (χ2n) is 6.22. The van der Waals surface area contributed by atoms with Crippen LogP contribution >= 0.6 is 11.6 Å². The molecule has 0 amide bonds. The van der Waals surface area contributed by atoms with Crippen LogP contribution in [0, 0.1) is 0 Å². The Morgan fingerprint density at radius 3 is 2.25 bits per heavy atom. The van der Waals surface area contributed by atoms with E-state index in [1.165, 1.54) is 22.1 Å². The third kappa shape index (κ3) is 2.30. The summed E-state index contributed by atoms with van der Waals surface area (Å²) in [5.74, 6) is 0. The van der Waals surface area contributed by atoms with Gasteiger partial charge in [-0.1, -0.05) is 42.4 Å². The molecule has 1 heterocycles. The molecule has 1 aliphatic rings. The van der Waals surface area contributed by atoms with Gasteiger partial charge in [0.2, 0.25) is 0 Å². The van der Waals surface area contributed by atoms with Gasteiger partial charge in [0.15, 0.2) is 0 Å². The van der Waals surface area contributed by atoms with Gasteiger partial charge < -0.3 is 21.5 Å². The first kappa shape index (κ1) is 15.6. The SMILES string of the molecule is C=C(C)c1c2c(c(Cl)c3ccccc13)C[N+](C)(C)C2.[Br-]. The van der Waals surface area contributed by atoms with E-state index in [0.717, 1.165) is 33.6 Å². The first-order valence-corrected chi connectivity index (χ1v) is 6.98. The van der Waals surface area contributed by atoms with E-state index >= 15 is 0 Å². The van der Waals surface area contributed by atoms with Crippen LogP contribution in [0.4, 0.5) is 0 Å². The highest BCUT2D eigenvalue weighted by molar-refractivity contribution is 6.37. The lowest BCUT2D eigenvalue weighted by molar-refractivity contribution is -0.910. The molecule has 0 spiro atoms. The second kappa shape index (κ2) is 5.18. The van der Waals surface area contributed by atoms with Gasteiger partial charge in [-0.05, 0) is 23.4 Å². The van der Waals surface area contributed by atoms with E-state index in [0.29, 0.717) is 0 Å². The number of benzene rings is 2. The van der Waals surface area contributed by atoms with Crippen LogP contribution < -0.4 is 17.0 Å². The van der Waals surface area contributed by atoms with E-state index in [2.05, 4.69) is 51.9 Å². The van der Waals surface area contributed by atoms with Crippen molar-refractivity contribution in [2.24, 2.45) is 0 Å². The highest BCUT2D eigenvalue weighted by atomic mass is 79.9. The summed E-state index contributed by atoms with van der Waals surface area (Å²) >= 11 is 6.65. The van der Waals surface area contributed by atoms with Crippen LogP contribution in [-0.2, 0) is 13.1 Å². The van der Waals surface area contributed by atoms with Crippen molar-refractivity contribution >= 4 is 27.9 Å². The maximum absolute atomic E-state index is 6.65. The van der Waals surface area contributed by atoms with Crippen molar-refractivity contribution in [1.82, 2.24) is 0 Å². The fourth-order valence-electron chi connectivity index (χ4n) is 3.24. The van der Waals surface area contributed by atoms with Crippen LogP contribution in [-0.4, -0.2) is 18.6 Å². The normalized spacial score (nSPS) is 15.8. The minimum Gasteiger partial charge on any atom is -1.00 e. The Labute approximate surface area is 136 Å². The minimum atomic E-state index is 0. The van der Waals surface area contributed by atoms with Gasteiger partial charge in [0.25, 0.3) is 0 Å². The van der Waals surface area contributed by atoms with Gasteiger partial charge >= 0.3 is 0 Å². The summed E-state index contributed by atoms with van der Waals surface area (Å²) in [6, 6.07) is 8.40. The van der Waals surface area contributed by atoms with Crippen molar-refractivity contribution in [3.05, 3.63) is 52.6 Å². The van der Waals surface area contributed by atoms with Crippen LogP contribution in [0.5, 0.6) is 0 Å². The molecular formula is C17H19BrClN. The first-order chi connectivity index (χ1) is 8.91. The highest BCUT2D eigenvalue weighted by Crippen LogP contribution is 2.42. The average molecular weight is 353 g/mol. The van der Waals surface area contributed by atoms with Crippen LogP contribution in [0.3, 0.4) is 0 Å². The number of halogens is 2. The Morgan fingerprint density at radius 1 is 1.10 bits per heavy atom. The largest absolute Gasteiger partial charge is 1.00 e. The third-order valence-corrected chi connectivity index (χ3v) is 4.39. The van der Waals surface area contributed by atoms with Gasteiger partial charge in [-0.15, -0.1) is 0 Å². The molecule has 0 fully saturated rings. The van der Waals surface area contributed by atoms with Crippen molar-refractivity contribution in [2.45, 2.75) is 20.0 Å². The molecule has 0 atom stereocenters. The molecule has 3 heteroatoms. The van der Waals surface area contributed by atoms with E-state index < -0.39 is 0 Å². The number of quaternary nitrogens is 1. The van der Waals surface area contributed by atoms with Crippen molar-refractivity contribution in [3.63, 3.8) is 0 Å². The summed E-state index contributed by atoms with van der Waals surface area (Å²) in [7, 11) is 4.51. The maximum Gasteiger partial charge on any atom is 0.106 e. The molecule has 0 unspecified atom stereocenters. The number of hydrogen-bond acceptors (Lipinski definition) is 0. The number of hydrogen-bond donors (Lipinski definition) is 0. The monoisotopic (exact) mass is 351 g/mol. The van der Waals surface area contributed by atoms with Crippen molar-refractivity contribution in [1.29, 1.82) is 0 Å². The predicted molar refractivity (Wildman–Crippen MR) is 83.2 cm³/mol. The molecule has 3 rings (SSSR count). The van der Waals surface area contributed by atoms with Crippen molar-refractivity contribution < 1.29 is 21.5 Å². The Kier molecular flexibility index (Phi) is 4.03. The third-order valence-electron chi connectivity index (χ3n) is 3.96. The molecule has 0 saturated heterocycles. The first-order valence-electron chi connectivity index (χ1n) is 6.60. The van der Waals surface area contributed by atoms with E-state index in [9.17, 15) is 0 Å². The summed E-state index contributed by atoms with van der Waals surface area (Å²) in [4.78, 5) is 0. The highest BCUT2D eigenvalue weighted by Gasteiger charge is 2.33. The maximum atomic E-state index is 6.65. The van der Waals surface area contributed by atoms with Crippen LogP contribution in [0.15, 0.2) is 30.8 Å². The van der Waals surface area contributed by atoms with E-state index in [1.807, 2.05) is 0 Å². The lowest BCUT2D eigenvalue weighted by Crippen LogP contribution is -3.00. The molecule has 0 saturated carbocycles. The van der Waals surface area contributed by atoms with E-state index in [4.69, 9.17) is 11.6 Å².